The average Bonchev–Trinajstić information content (AvgIpc) is 3.45. The average molecular weight is 490 g/mol. The fraction of sp³-hybridized carbons (Fsp3) is 0.120. The van der Waals surface area contributed by atoms with Crippen molar-refractivity contribution in [2.24, 2.45) is 0 Å². The molecule has 0 radical (unpaired) electrons. The van der Waals surface area contributed by atoms with E-state index in [4.69, 9.17) is 0 Å². The molecule has 33 heavy (non-hydrogen) atoms. The number of hydrogen-bond donors (Lipinski definition) is 0. The lowest BCUT2D eigenvalue weighted by Gasteiger charge is -2.08. The summed E-state index contributed by atoms with van der Waals surface area (Å²) in [6, 6.07) is 11.4. The van der Waals surface area contributed by atoms with Crippen molar-refractivity contribution in [2.75, 3.05) is 7.05 Å². The summed E-state index contributed by atoms with van der Waals surface area (Å²) in [6.45, 7) is 3.82. The molecule has 3 aliphatic rings. The first-order chi connectivity index (χ1) is 15.8. The molecule has 0 spiro atoms. The molecule has 0 saturated heterocycles. The minimum Gasteiger partial charge on any atom is -0.281 e. The summed E-state index contributed by atoms with van der Waals surface area (Å²) in [6.07, 6.45) is 0. The number of thiophene rings is 1. The summed E-state index contributed by atoms with van der Waals surface area (Å²) in [5.41, 5.74) is 5.20. The Balaban J connectivity index is 1.51. The van der Waals surface area contributed by atoms with E-state index in [1.807, 2.05) is 50.2 Å². The van der Waals surface area contributed by atoms with Gasteiger partial charge in [0.2, 0.25) is 10.2 Å². The van der Waals surface area contributed by atoms with Crippen molar-refractivity contribution >= 4 is 68.1 Å². The fourth-order valence-electron chi connectivity index (χ4n) is 4.51. The van der Waals surface area contributed by atoms with Crippen LogP contribution in [0.2, 0.25) is 0 Å². The molecule has 0 unspecified atom stereocenters. The monoisotopic (exact) mass is 489 g/mol. The first-order valence-corrected chi connectivity index (χ1v) is 12.6. The maximum Gasteiger partial charge on any atom is 0.262 e. The second-order valence-corrected chi connectivity index (χ2v) is 11.4. The molecule has 0 N–H and O–H groups in total. The number of imide groups is 1. The first-order valence-electron chi connectivity index (χ1n) is 10.2. The zero-order valence-electron chi connectivity index (χ0n) is 17.8. The third-order valence-corrected chi connectivity index (χ3v) is 9.15. The van der Waals surface area contributed by atoms with Gasteiger partial charge in [0.1, 0.15) is 0 Å². The minimum atomic E-state index is -0.304. The standard InChI is InChI=1S/C25H15NO4S3/c1-10-4-6-13-15(8-10)32-24(29)18(13)19-14-7-5-12(9-16(14)33-25(19)30)21-20-17(11(2)31-21)22(27)26(3)23(20)28/h4-9H,1-3H3/b19-18+. The Morgan fingerprint density at radius 2 is 1.30 bits per heavy atom. The Labute approximate surface area is 201 Å². The number of aryl methyl sites for hydroxylation is 2. The molecule has 3 aromatic rings. The van der Waals surface area contributed by atoms with Crippen molar-refractivity contribution in [3.63, 3.8) is 0 Å². The zero-order chi connectivity index (χ0) is 23.2. The lowest BCUT2D eigenvalue weighted by atomic mass is 9.94. The predicted molar refractivity (Wildman–Crippen MR) is 131 cm³/mol. The lowest BCUT2D eigenvalue weighted by molar-refractivity contribution is -0.107. The van der Waals surface area contributed by atoms with Gasteiger partial charge in [0.15, 0.2) is 0 Å². The fourth-order valence-corrected chi connectivity index (χ4v) is 7.66. The third kappa shape index (κ3) is 2.81. The van der Waals surface area contributed by atoms with Gasteiger partial charge in [0.25, 0.3) is 11.8 Å². The molecule has 1 aromatic heterocycles. The second-order valence-electron chi connectivity index (χ2n) is 8.15. The molecular weight excluding hydrogens is 474 g/mol. The number of carbonyl (C=O) groups is 4. The number of rotatable bonds is 1. The predicted octanol–water partition coefficient (Wildman–Crippen LogP) is 5.43. The van der Waals surface area contributed by atoms with Crippen LogP contribution in [0.5, 0.6) is 0 Å². The molecule has 2 aromatic carbocycles. The molecular formula is C25H15NO4S3. The van der Waals surface area contributed by atoms with Crippen LogP contribution in [0.15, 0.2) is 46.2 Å². The van der Waals surface area contributed by atoms with E-state index in [0.717, 1.165) is 70.2 Å². The van der Waals surface area contributed by atoms with Crippen LogP contribution in [-0.2, 0) is 9.59 Å². The normalized spacial score (nSPS) is 18.9. The van der Waals surface area contributed by atoms with Crippen LogP contribution >= 0.6 is 34.9 Å². The van der Waals surface area contributed by atoms with Gasteiger partial charge in [-0.3, -0.25) is 24.1 Å². The molecule has 0 bridgehead atoms. The highest BCUT2D eigenvalue weighted by molar-refractivity contribution is 8.16. The van der Waals surface area contributed by atoms with E-state index in [-0.39, 0.29) is 22.0 Å². The van der Waals surface area contributed by atoms with Crippen LogP contribution < -0.4 is 0 Å². The van der Waals surface area contributed by atoms with Gasteiger partial charge in [-0.15, -0.1) is 11.3 Å². The highest BCUT2D eigenvalue weighted by Gasteiger charge is 2.40. The summed E-state index contributed by atoms with van der Waals surface area (Å²) in [7, 11) is 1.49. The molecule has 3 aliphatic heterocycles. The number of thioether (sulfide) groups is 2. The number of amides is 2. The van der Waals surface area contributed by atoms with Crippen LogP contribution in [0.25, 0.3) is 21.6 Å². The summed E-state index contributed by atoms with van der Waals surface area (Å²) in [5, 5.41) is -0.270. The third-order valence-electron chi connectivity index (χ3n) is 6.10. The first kappa shape index (κ1) is 20.7. The molecule has 4 heterocycles. The maximum atomic E-state index is 13.1. The van der Waals surface area contributed by atoms with Crippen LogP contribution in [0.3, 0.4) is 0 Å². The Kier molecular flexibility index (Phi) is 4.40. The summed E-state index contributed by atoms with van der Waals surface area (Å²) in [4.78, 5) is 55.4. The number of hydrogen-bond acceptors (Lipinski definition) is 7. The van der Waals surface area contributed by atoms with Crippen molar-refractivity contribution in [1.29, 1.82) is 0 Å². The Bertz CT molecular complexity index is 1530. The van der Waals surface area contributed by atoms with E-state index in [1.54, 1.807) is 0 Å². The Morgan fingerprint density at radius 1 is 0.727 bits per heavy atom. The molecule has 0 atom stereocenters. The molecule has 0 aliphatic carbocycles. The lowest BCUT2D eigenvalue weighted by Crippen LogP contribution is -2.24. The van der Waals surface area contributed by atoms with E-state index in [1.165, 1.54) is 18.4 Å². The smallest absolute Gasteiger partial charge is 0.262 e. The van der Waals surface area contributed by atoms with Gasteiger partial charge >= 0.3 is 0 Å². The zero-order valence-corrected chi connectivity index (χ0v) is 20.2. The van der Waals surface area contributed by atoms with Crippen LogP contribution in [0.1, 0.15) is 42.3 Å². The van der Waals surface area contributed by atoms with E-state index in [9.17, 15) is 19.2 Å². The molecule has 0 saturated carbocycles. The topological polar surface area (TPSA) is 71.5 Å². The molecule has 2 amide bonds. The summed E-state index contributed by atoms with van der Waals surface area (Å²) in [5.74, 6) is -0.583. The van der Waals surface area contributed by atoms with Gasteiger partial charge < -0.3 is 0 Å². The second kappa shape index (κ2) is 7.03. The van der Waals surface area contributed by atoms with Crippen LogP contribution in [-0.4, -0.2) is 34.0 Å². The summed E-state index contributed by atoms with van der Waals surface area (Å²) < 4.78 is 0. The van der Waals surface area contributed by atoms with Crippen LogP contribution in [0, 0.1) is 13.8 Å². The van der Waals surface area contributed by atoms with E-state index in [2.05, 4.69) is 0 Å². The van der Waals surface area contributed by atoms with Gasteiger partial charge in [-0.1, -0.05) is 24.3 Å². The molecule has 5 nitrogen and oxygen atoms in total. The van der Waals surface area contributed by atoms with E-state index < -0.39 is 0 Å². The van der Waals surface area contributed by atoms with Crippen molar-refractivity contribution in [3.8, 4) is 10.4 Å². The molecule has 8 heteroatoms. The van der Waals surface area contributed by atoms with Crippen LogP contribution in [0.4, 0.5) is 0 Å². The maximum absolute atomic E-state index is 13.1. The number of fused-ring (bicyclic) bond motifs is 3. The largest absolute Gasteiger partial charge is 0.281 e. The van der Waals surface area contributed by atoms with Crippen molar-refractivity contribution in [2.45, 2.75) is 23.6 Å². The summed E-state index contributed by atoms with van der Waals surface area (Å²) >= 11 is 3.68. The van der Waals surface area contributed by atoms with Gasteiger partial charge in [0, 0.05) is 48.9 Å². The quantitative estimate of drug-likeness (QED) is 0.335. The van der Waals surface area contributed by atoms with E-state index in [0.29, 0.717) is 22.3 Å². The minimum absolute atomic E-state index is 0.115. The Hall–Kier alpha value is -2.94. The molecule has 162 valence electrons. The SMILES string of the molecule is Cc1ccc2c(c1)SC(=O)/C2=C1/C(=O)Sc2cc(-c3sc(C)c4c3C(=O)N(C)C4=O)ccc21. The van der Waals surface area contributed by atoms with Gasteiger partial charge in [-0.25, -0.2) is 0 Å². The van der Waals surface area contributed by atoms with Crippen molar-refractivity contribution in [3.05, 3.63) is 69.1 Å². The van der Waals surface area contributed by atoms with Crippen molar-refractivity contribution in [1.82, 2.24) is 4.90 Å². The highest BCUT2D eigenvalue weighted by Crippen LogP contribution is 2.51. The number of benzene rings is 2. The van der Waals surface area contributed by atoms with E-state index >= 15 is 0 Å². The van der Waals surface area contributed by atoms with Gasteiger partial charge in [-0.2, -0.15) is 0 Å². The molecule has 0 fully saturated rings. The number of nitrogens with zero attached hydrogens (tertiary/aromatic N) is 1. The number of carbonyl (C=O) groups excluding carboxylic acids is 4. The van der Waals surface area contributed by atoms with Crippen molar-refractivity contribution < 1.29 is 19.2 Å². The van der Waals surface area contributed by atoms with Gasteiger partial charge in [0.05, 0.1) is 11.1 Å². The van der Waals surface area contributed by atoms with Gasteiger partial charge in [-0.05, 0) is 60.6 Å². The molecule has 6 rings (SSSR count). The highest BCUT2D eigenvalue weighted by atomic mass is 32.2. The Morgan fingerprint density at radius 3 is 1.97 bits per heavy atom.